The fraction of sp³-hybridized carbons (Fsp3) is 0.857. The summed E-state index contributed by atoms with van der Waals surface area (Å²) in [5.74, 6) is 8.68. The van der Waals surface area contributed by atoms with Crippen molar-refractivity contribution in [1.82, 2.24) is 0 Å². The van der Waals surface area contributed by atoms with E-state index in [9.17, 15) is 5.11 Å². The molecule has 3 N–H and O–H groups in total. The third-order valence-electron chi connectivity index (χ3n) is 8.79. The Morgan fingerprint density at radius 1 is 1.17 bits per heavy atom. The van der Waals surface area contributed by atoms with Crippen molar-refractivity contribution < 1.29 is 5.11 Å². The van der Waals surface area contributed by atoms with E-state index in [2.05, 4.69) is 31.9 Å². The maximum Gasteiger partial charge on any atom is 0.0577 e. The molecule has 0 spiro atoms. The van der Waals surface area contributed by atoms with Gasteiger partial charge in [-0.05, 0) is 86.9 Å². The summed E-state index contributed by atoms with van der Waals surface area (Å²) < 4.78 is 0. The maximum atomic E-state index is 10.1. The van der Waals surface area contributed by atoms with Gasteiger partial charge in [-0.2, -0.15) is 5.10 Å². The van der Waals surface area contributed by atoms with Crippen molar-refractivity contribution in [2.24, 2.45) is 45.4 Å². The van der Waals surface area contributed by atoms with E-state index in [1.807, 2.05) is 0 Å². The fourth-order valence-corrected chi connectivity index (χ4v) is 7.42. The highest BCUT2D eigenvalue weighted by atomic mass is 16.3. The first kappa shape index (κ1) is 16.6. The summed E-state index contributed by atoms with van der Waals surface area (Å²) in [6.07, 6.45) is 12.0. The van der Waals surface area contributed by atoms with Crippen molar-refractivity contribution in [3.63, 3.8) is 0 Å². The fourth-order valence-electron chi connectivity index (χ4n) is 7.42. The molecule has 3 nitrogen and oxygen atoms in total. The third-order valence-corrected chi connectivity index (χ3v) is 8.79. The average Bonchev–Trinajstić information content (AvgIpc) is 2.92. The number of fused-ring (bicyclic) bond motifs is 5. The summed E-state index contributed by atoms with van der Waals surface area (Å²) in [7, 11) is 0. The topological polar surface area (TPSA) is 58.6 Å². The van der Waals surface area contributed by atoms with E-state index in [0.29, 0.717) is 16.7 Å². The summed E-state index contributed by atoms with van der Waals surface area (Å²) in [5, 5.41) is 14.2. The molecule has 7 atom stereocenters. The van der Waals surface area contributed by atoms with Crippen molar-refractivity contribution in [1.29, 1.82) is 0 Å². The summed E-state index contributed by atoms with van der Waals surface area (Å²) >= 11 is 0. The van der Waals surface area contributed by atoms with Crippen LogP contribution < -0.4 is 5.84 Å². The van der Waals surface area contributed by atoms with Crippen LogP contribution in [0.25, 0.3) is 0 Å². The van der Waals surface area contributed by atoms with Crippen molar-refractivity contribution >= 4 is 5.71 Å². The Balaban J connectivity index is 1.65. The van der Waals surface area contributed by atoms with Crippen LogP contribution in [-0.4, -0.2) is 16.9 Å². The standard InChI is InChI=1S/C21H34N2O/c1-13(23-22)17-6-7-18-16-5-4-14-12-15(24)8-10-20(14,2)19(16)9-11-21(17,18)3/h4,15-19,24H,5-12,22H2,1-3H3/b23-13-. The minimum absolute atomic E-state index is 0.103. The monoisotopic (exact) mass is 330 g/mol. The molecule has 0 radical (unpaired) electrons. The Morgan fingerprint density at radius 2 is 1.96 bits per heavy atom. The molecule has 3 fully saturated rings. The summed E-state index contributed by atoms with van der Waals surface area (Å²) in [5.41, 5.74) is 3.47. The van der Waals surface area contributed by atoms with Gasteiger partial charge in [0, 0.05) is 11.6 Å². The van der Waals surface area contributed by atoms with Crippen molar-refractivity contribution in [2.45, 2.75) is 78.2 Å². The highest BCUT2D eigenvalue weighted by Gasteiger charge is 2.58. The van der Waals surface area contributed by atoms with E-state index in [4.69, 9.17) is 5.84 Å². The predicted molar refractivity (Wildman–Crippen MR) is 98.5 cm³/mol. The Hall–Kier alpha value is -0.830. The van der Waals surface area contributed by atoms with Gasteiger partial charge in [0.15, 0.2) is 0 Å². The lowest BCUT2D eigenvalue weighted by Gasteiger charge is -2.58. The summed E-state index contributed by atoms with van der Waals surface area (Å²) in [6.45, 7) is 7.16. The van der Waals surface area contributed by atoms with Gasteiger partial charge < -0.3 is 10.9 Å². The van der Waals surface area contributed by atoms with Gasteiger partial charge in [0.25, 0.3) is 0 Å². The molecular formula is C21H34N2O. The zero-order chi connectivity index (χ0) is 17.1. The first-order chi connectivity index (χ1) is 11.4. The lowest BCUT2D eigenvalue weighted by molar-refractivity contribution is -0.0423. The molecule has 0 aromatic heterocycles. The second-order valence-corrected chi connectivity index (χ2v) is 9.60. The number of allylic oxidation sites excluding steroid dienone is 1. The largest absolute Gasteiger partial charge is 0.393 e. The van der Waals surface area contributed by atoms with E-state index in [1.165, 1.54) is 38.5 Å². The van der Waals surface area contributed by atoms with Gasteiger partial charge in [0.2, 0.25) is 0 Å². The zero-order valence-electron chi connectivity index (χ0n) is 15.6. The molecule has 0 aromatic rings. The Morgan fingerprint density at radius 3 is 2.71 bits per heavy atom. The minimum atomic E-state index is -0.103. The second-order valence-electron chi connectivity index (χ2n) is 9.60. The van der Waals surface area contributed by atoms with Crippen LogP contribution >= 0.6 is 0 Å². The molecule has 0 saturated heterocycles. The smallest absolute Gasteiger partial charge is 0.0577 e. The molecule has 0 aliphatic heterocycles. The lowest BCUT2D eigenvalue weighted by Crippen LogP contribution is -2.50. The SMILES string of the molecule is C/C(=N/N)C1CCC2C3CC=C4CC(O)CCC4(C)C3CCC12C. The Kier molecular flexibility index (Phi) is 3.87. The van der Waals surface area contributed by atoms with Crippen molar-refractivity contribution in [2.75, 3.05) is 0 Å². The van der Waals surface area contributed by atoms with Gasteiger partial charge >= 0.3 is 0 Å². The molecule has 24 heavy (non-hydrogen) atoms. The molecule has 0 amide bonds. The molecule has 4 aliphatic carbocycles. The molecule has 3 saturated carbocycles. The molecular weight excluding hydrogens is 296 g/mol. The number of aliphatic hydroxyl groups is 1. The maximum absolute atomic E-state index is 10.1. The average molecular weight is 331 g/mol. The molecule has 3 heteroatoms. The summed E-state index contributed by atoms with van der Waals surface area (Å²) in [4.78, 5) is 0. The van der Waals surface area contributed by atoms with E-state index < -0.39 is 0 Å². The highest BCUT2D eigenvalue weighted by molar-refractivity contribution is 5.85. The Labute approximate surface area is 146 Å². The first-order valence-corrected chi connectivity index (χ1v) is 10.0. The highest BCUT2D eigenvalue weighted by Crippen LogP contribution is 2.66. The molecule has 134 valence electrons. The van der Waals surface area contributed by atoms with Crippen LogP contribution in [0.5, 0.6) is 0 Å². The lowest BCUT2D eigenvalue weighted by atomic mass is 9.47. The van der Waals surface area contributed by atoms with Gasteiger partial charge in [-0.25, -0.2) is 0 Å². The number of hydrogen-bond acceptors (Lipinski definition) is 3. The van der Waals surface area contributed by atoms with E-state index in [-0.39, 0.29) is 6.10 Å². The molecule has 0 bridgehead atoms. The Bertz CT molecular complexity index is 582. The number of hydrogen-bond donors (Lipinski definition) is 2. The van der Waals surface area contributed by atoms with Gasteiger partial charge in [-0.15, -0.1) is 0 Å². The van der Waals surface area contributed by atoms with Gasteiger partial charge in [0.05, 0.1) is 6.10 Å². The van der Waals surface area contributed by atoms with Crippen LogP contribution in [0.15, 0.2) is 16.8 Å². The van der Waals surface area contributed by atoms with Crippen LogP contribution in [0.3, 0.4) is 0 Å². The molecule has 0 aromatic carbocycles. The zero-order valence-corrected chi connectivity index (χ0v) is 15.6. The first-order valence-electron chi connectivity index (χ1n) is 10.0. The second kappa shape index (κ2) is 5.59. The van der Waals surface area contributed by atoms with Crippen LogP contribution in [0.2, 0.25) is 0 Å². The van der Waals surface area contributed by atoms with E-state index in [0.717, 1.165) is 36.3 Å². The van der Waals surface area contributed by atoms with Crippen LogP contribution in [0.1, 0.15) is 72.1 Å². The van der Waals surface area contributed by atoms with Crippen LogP contribution in [0, 0.1) is 34.5 Å². The van der Waals surface area contributed by atoms with E-state index in [1.54, 1.807) is 5.57 Å². The third kappa shape index (κ3) is 2.16. The normalized spacial score (nSPS) is 51.4. The number of nitrogens with zero attached hydrogens (tertiary/aromatic N) is 1. The summed E-state index contributed by atoms with van der Waals surface area (Å²) in [6, 6.07) is 0. The van der Waals surface area contributed by atoms with Crippen LogP contribution in [0.4, 0.5) is 0 Å². The minimum Gasteiger partial charge on any atom is -0.393 e. The van der Waals surface area contributed by atoms with Crippen molar-refractivity contribution in [3.05, 3.63) is 11.6 Å². The van der Waals surface area contributed by atoms with Crippen LogP contribution in [-0.2, 0) is 0 Å². The number of rotatable bonds is 1. The molecule has 4 aliphatic rings. The molecule has 7 unspecified atom stereocenters. The van der Waals surface area contributed by atoms with Crippen molar-refractivity contribution in [3.8, 4) is 0 Å². The molecule has 4 rings (SSSR count). The van der Waals surface area contributed by atoms with Gasteiger partial charge in [-0.3, -0.25) is 0 Å². The number of aliphatic hydroxyl groups excluding tert-OH is 1. The predicted octanol–water partition coefficient (Wildman–Crippen LogP) is 4.26. The van der Waals surface area contributed by atoms with Gasteiger partial charge in [0.1, 0.15) is 0 Å². The van der Waals surface area contributed by atoms with E-state index >= 15 is 0 Å². The number of hydrazone groups is 1. The molecule has 0 heterocycles. The quantitative estimate of drug-likeness (QED) is 0.327. The number of nitrogens with two attached hydrogens (primary N) is 1. The van der Waals surface area contributed by atoms with Gasteiger partial charge in [-0.1, -0.05) is 25.5 Å².